The molecule has 5 nitrogen and oxygen atoms in total. The zero-order valence-corrected chi connectivity index (χ0v) is 15.1. The molecular weight excluding hydrogens is 342 g/mol. The second-order valence-corrected chi connectivity index (χ2v) is 5.70. The van der Waals surface area contributed by atoms with Crippen LogP contribution in [0.3, 0.4) is 0 Å². The van der Waals surface area contributed by atoms with Crippen LogP contribution in [0.5, 0.6) is 17.2 Å². The molecule has 134 valence electrons. The maximum Gasteiger partial charge on any atom is 0.261 e. The minimum absolute atomic E-state index is 0.180. The topological polar surface area (TPSA) is 56.8 Å². The molecule has 0 unspecified atom stereocenters. The average Bonchev–Trinajstić information content (AvgIpc) is 2.64. The highest BCUT2D eigenvalue weighted by Crippen LogP contribution is 2.25. The first kappa shape index (κ1) is 18.9. The average molecular weight is 364 g/mol. The van der Waals surface area contributed by atoms with Gasteiger partial charge in [0.2, 0.25) is 0 Å². The molecule has 0 radical (unpaired) electrons. The Hall–Kier alpha value is -2.40. The van der Waals surface area contributed by atoms with Gasteiger partial charge >= 0.3 is 0 Å². The molecule has 2 aromatic carbocycles. The fourth-order valence-corrected chi connectivity index (χ4v) is 2.31. The summed E-state index contributed by atoms with van der Waals surface area (Å²) in [6.45, 7) is 2.60. The maximum absolute atomic E-state index is 12.2. The Morgan fingerprint density at radius 2 is 1.80 bits per heavy atom. The third kappa shape index (κ3) is 5.87. The Kier molecular flexibility index (Phi) is 7.41. The molecule has 6 heteroatoms. The molecule has 0 bridgehead atoms. The Balaban J connectivity index is 1.78. The van der Waals surface area contributed by atoms with Crippen molar-refractivity contribution in [3.8, 4) is 17.2 Å². The van der Waals surface area contributed by atoms with E-state index in [1.165, 1.54) is 0 Å². The first-order valence-corrected chi connectivity index (χ1v) is 8.47. The first-order valence-electron chi connectivity index (χ1n) is 8.09. The molecule has 0 saturated carbocycles. The number of rotatable bonds is 9. The number of carbonyl (C=O) groups excluding carboxylic acids is 1. The smallest absolute Gasteiger partial charge is 0.261 e. The normalized spacial score (nSPS) is 11.5. The fourth-order valence-electron chi connectivity index (χ4n) is 2.19. The van der Waals surface area contributed by atoms with Gasteiger partial charge in [0.1, 0.15) is 12.4 Å². The van der Waals surface area contributed by atoms with Gasteiger partial charge in [-0.2, -0.15) is 0 Å². The van der Waals surface area contributed by atoms with Gasteiger partial charge in [-0.15, -0.1) is 0 Å². The Morgan fingerprint density at radius 1 is 1.12 bits per heavy atom. The molecule has 0 aliphatic heterocycles. The third-order valence-electron chi connectivity index (χ3n) is 3.48. The van der Waals surface area contributed by atoms with Crippen molar-refractivity contribution in [3.05, 3.63) is 53.6 Å². The molecule has 0 aliphatic rings. The lowest BCUT2D eigenvalue weighted by Gasteiger charge is -2.17. The number of halogens is 1. The van der Waals surface area contributed by atoms with Crippen molar-refractivity contribution in [2.24, 2.45) is 0 Å². The second kappa shape index (κ2) is 9.79. The predicted octanol–water partition coefficient (Wildman–Crippen LogP) is 3.70. The van der Waals surface area contributed by atoms with E-state index in [0.717, 1.165) is 0 Å². The number of carbonyl (C=O) groups is 1. The van der Waals surface area contributed by atoms with E-state index < -0.39 is 6.10 Å². The lowest BCUT2D eigenvalue weighted by molar-refractivity contribution is -0.128. The molecule has 0 aliphatic carbocycles. The van der Waals surface area contributed by atoms with Gasteiger partial charge in [0.15, 0.2) is 17.6 Å². The van der Waals surface area contributed by atoms with E-state index in [-0.39, 0.29) is 5.91 Å². The van der Waals surface area contributed by atoms with Gasteiger partial charge < -0.3 is 19.5 Å². The molecule has 1 amide bonds. The summed E-state index contributed by atoms with van der Waals surface area (Å²) in [5.41, 5.74) is 0. The zero-order valence-electron chi connectivity index (χ0n) is 14.3. The SMILES string of the molecule is CC[C@@H](Oc1ccc(Cl)cc1)C(=O)NCCOc1ccccc1OC. The first-order chi connectivity index (χ1) is 12.1. The number of hydrogen-bond acceptors (Lipinski definition) is 4. The number of nitrogens with one attached hydrogen (secondary N) is 1. The monoisotopic (exact) mass is 363 g/mol. The standard InChI is InChI=1S/C19H22ClNO4/c1-3-16(25-15-10-8-14(20)9-11-15)19(22)21-12-13-24-18-7-5-4-6-17(18)23-2/h4-11,16H,3,12-13H2,1-2H3,(H,21,22)/t16-/m1/s1. The number of benzene rings is 2. The van der Waals surface area contributed by atoms with Crippen LogP contribution in [-0.2, 0) is 4.79 Å². The molecule has 0 spiro atoms. The molecule has 0 heterocycles. The molecule has 2 aromatic rings. The Labute approximate surface area is 152 Å². The molecule has 0 aromatic heterocycles. The van der Waals surface area contributed by atoms with Crippen molar-refractivity contribution in [1.29, 1.82) is 0 Å². The minimum atomic E-state index is -0.563. The van der Waals surface area contributed by atoms with E-state index in [2.05, 4.69) is 5.32 Å². The van der Waals surface area contributed by atoms with Crippen LogP contribution in [-0.4, -0.2) is 32.3 Å². The summed E-state index contributed by atoms with van der Waals surface area (Å²) in [6.07, 6.45) is -0.00519. The summed E-state index contributed by atoms with van der Waals surface area (Å²) in [5.74, 6) is 1.73. The zero-order chi connectivity index (χ0) is 18.1. The van der Waals surface area contributed by atoms with Crippen LogP contribution in [0.25, 0.3) is 0 Å². The van der Waals surface area contributed by atoms with Gasteiger partial charge in [0.25, 0.3) is 5.91 Å². The third-order valence-corrected chi connectivity index (χ3v) is 3.74. The lowest BCUT2D eigenvalue weighted by Crippen LogP contribution is -2.39. The number of para-hydroxylation sites is 2. The highest BCUT2D eigenvalue weighted by atomic mass is 35.5. The van der Waals surface area contributed by atoms with Gasteiger partial charge in [-0.1, -0.05) is 30.7 Å². The molecule has 0 fully saturated rings. The highest BCUT2D eigenvalue weighted by Gasteiger charge is 2.17. The minimum Gasteiger partial charge on any atom is -0.493 e. The largest absolute Gasteiger partial charge is 0.493 e. The maximum atomic E-state index is 12.2. The van der Waals surface area contributed by atoms with Crippen LogP contribution in [0.1, 0.15) is 13.3 Å². The highest BCUT2D eigenvalue weighted by molar-refractivity contribution is 6.30. The van der Waals surface area contributed by atoms with Crippen molar-refractivity contribution in [2.45, 2.75) is 19.4 Å². The fraction of sp³-hybridized carbons (Fsp3) is 0.316. The summed E-state index contributed by atoms with van der Waals surface area (Å²) >= 11 is 5.84. The molecule has 2 rings (SSSR count). The van der Waals surface area contributed by atoms with E-state index in [9.17, 15) is 4.79 Å². The Bertz CT molecular complexity index is 675. The molecule has 1 atom stereocenters. The van der Waals surface area contributed by atoms with Crippen LogP contribution < -0.4 is 19.5 Å². The predicted molar refractivity (Wildman–Crippen MR) is 97.7 cm³/mol. The van der Waals surface area contributed by atoms with E-state index in [0.29, 0.717) is 41.8 Å². The summed E-state index contributed by atoms with van der Waals surface area (Å²) in [5, 5.41) is 3.44. The second-order valence-electron chi connectivity index (χ2n) is 5.26. The lowest BCUT2D eigenvalue weighted by atomic mass is 10.2. The summed E-state index contributed by atoms with van der Waals surface area (Å²) in [7, 11) is 1.59. The van der Waals surface area contributed by atoms with E-state index in [1.54, 1.807) is 31.4 Å². The molecule has 0 saturated heterocycles. The number of methoxy groups -OCH3 is 1. The van der Waals surface area contributed by atoms with Gasteiger partial charge in [0.05, 0.1) is 13.7 Å². The van der Waals surface area contributed by atoms with E-state index in [1.807, 2.05) is 31.2 Å². The van der Waals surface area contributed by atoms with Crippen molar-refractivity contribution < 1.29 is 19.0 Å². The summed E-state index contributed by atoms with van der Waals surface area (Å²) in [6, 6.07) is 14.3. The number of amides is 1. The van der Waals surface area contributed by atoms with Gasteiger partial charge in [-0.3, -0.25) is 4.79 Å². The van der Waals surface area contributed by atoms with Crippen LogP contribution in [0.2, 0.25) is 5.02 Å². The van der Waals surface area contributed by atoms with Crippen LogP contribution >= 0.6 is 11.6 Å². The number of ether oxygens (including phenoxy) is 3. The Morgan fingerprint density at radius 3 is 2.44 bits per heavy atom. The van der Waals surface area contributed by atoms with Gasteiger partial charge in [-0.05, 0) is 42.8 Å². The molecule has 1 N–H and O–H groups in total. The van der Waals surface area contributed by atoms with E-state index >= 15 is 0 Å². The van der Waals surface area contributed by atoms with Crippen molar-refractivity contribution in [1.82, 2.24) is 5.32 Å². The van der Waals surface area contributed by atoms with E-state index in [4.69, 9.17) is 25.8 Å². The van der Waals surface area contributed by atoms with Crippen LogP contribution in [0.15, 0.2) is 48.5 Å². The molecule has 25 heavy (non-hydrogen) atoms. The van der Waals surface area contributed by atoms with Crippen LogP contribution in [0.4, 0.5) is 0 Å². The van der Waals surface area contributed by atoms with Gasteiger partial charge in [-0.25, -0.2) is 0 Å². The van der Waals surface area contributed by atoms with Crippen molar-refractivity contribution in [3.63, 3.8) is 0 Å². The summed E-state index contributed by atoms with van der Waals surface area (Å²) < 4.78 is 16.5. The summed E-state index contributed by atoms with van der Waals surface area (Å²) in [4.78, 5) is 12.2. The van der Waals surface area contributed by atoms with Crippen molar-refractivity contribution >= 4 is 17.5 Å². The van der Waals surface area contributed by atoms with Gasteiger partial charge in [0, 0.05) is 5.02 Å². The van der Waals surface area contributed by atoms with Crippen molar-refractivity contribution in [2.75, 3.05) is 20.3 Å². The quantitative estimate of drug-likeness (QED) is 0.690. The number of hydrogen-bond donors (Lipinski definition) is 1. The molecular formula is C19H22ClNO4. The van der Waals surface area contributed by atoms with Crippen LogP contribution in [0, 0.1) is 0 Å².